The van der Waals surface area contributed by atoms with Gasteiger partial charge in [-0.25, -0.2) is 9.98 Å². The first-order chi connectivity index (χ1) is 8.80. The highest BCUT2D eigenvalue weighted by Crippen LogP contribution is 2.05. The van der Waals surface area contributed by atoms with Gasteiger partial charge in [-0.1, -0.05) is 0 Å². The van der Waals surface area contributed by atoms with Crippen LogP contribution in [0, 0.1) is 0 Å². The maximum atomic E-state index is 4.98. The number of aliphatic imine (C=N–C) groups is 2. The van der Waals surface area contributed by atoms with Gasteiger partial charge in [0.05, 0.1) is 38.2 Å². The first kappa shape index (κ1) is 14.3. The molecule has 0 atom stereocenters. The summed E-state index contributed by atoms with van der Waals surface area (Å²) in [5, 5.41) is 7.20. The lowest BCUT2D eigenvalue weighted by Gasteiger charge is -2.02. The zero-order valence-corrected chi connectivity index (χ0v) is 10.8. The zero-order chi connectivity index (χ0) is 13.2. The van der Waals surface area contributed by atoms with Gasteiger partial charge in [-0.3, -0.25) is 4.68 Å². The third kappa shape index (κ3) is 5.07. The average Bonchev–Trinajstić information content (AvgIpc) is 2.83. The minimum atomic E-state index is 0.457. The number of methoxy groups -OCH3 is 2. The Hall–Kier alpha value is -1.73. The fourth-order valence-corrected chi connectivity index (χ4v) is 1.24. The summed E-state index contributed by atoms with van der Waals surface area (Å²) in [6.45, 7) is 5.87. The van der Waals surface area contributed by atoms with Gasteiger partial charge >= 0.3 is 0 Å². The van der Waals surface area contributed by atoms with Crippen LogP contribution in [0.4, 0.5) is 5.69 Å². The molecule has 0 bridgehead atoms. The maximum absolute atomic E-state index is 4.98. The van der Waals surface area contributed by atoms with Crippen molar-refractivity contribution in [1.29, 1.82) is 0 Å². The van der Waals surface area contributed by atoms with E-state index in [4.69, 9.17) is 9.47 Å². The molecule has 0 aliphatic rings. The van der Waals surface area contributed by atoms with Gasteiger partial charge in [0.25, 0.3) is 0 Å². The molecule has 1 N–H and O–H groups in total. The maximum Gasteiger partial charge on any atom is 0.222 e. The van der Waals surface area contributed by atoms with Crippen molar-refractivity contribution in [2.24, 2.45) is 9.98 Å². The Morgan fingerprint density at radius 1 is 1.44 bits per heavy atom. The number of nitrogens with zero attached hydrogens (tertiary/aromatic N) is 4. The molecule has 0 amide bonds. The summed E-state index contributed by atoms with van der Waals surface area (Å²) in [6, 6.07) is 0. The number of ether oxygens (including phenoxy) is 2. The van der Waals surface area contributed by atoms with Crippen LogP contribution < -0.4 is 5.32 Å². The quantitative estimate of drug-likeness (QED) is 0.440. The van der Waals surface area contributed by atoms with E-state index < -0.39 is 0 Å². The van der Waals surface area contributed by atoms with E-state index in [1.807, 2.05) is 6.20 Å². The molecule has 0 spiro atoms. The Morgan fingerprint density at radius 2 is 2.22 bits per heavy atom. The van der Waals surface area contributed by atoms with Crippen molar-refractivity contribution in [2.75, 3.05) is 39.3 Å². The van der Waals surface area contributed by atoms with E-state index in [2.05, 4.69) is 27.1 Å². The molecular formula is C11H19N5O2. The van der Waals surface area contributed by atoms with Gasteiger partial charge in [0.1, 0.15) is 0 Å². The number of guanidine groups is 1. The molecule has 0 aromatic carbocycles. The second kappa shape index (κ2) is 8.37. The molecule has 7 nitrogen and oxygen atoms in total. The van der Waals surface area contributed by atoms with Gasteiger partial charge < -0.3 is 14.8 Å². The smallest absolute Gasteiger partial charge is 0.222 e. The molecule has 100 valence electrons. The van der Waals surface area contributed by atoms with Crippen LogP contribution >= 0.6 is 0 Å². The topological polar surface area (TPSA) is 73.0 Å². The van der Waals surface area contributed by atoms with E-state index >= 15 is 0 Å². The summed E-state index contributed by atoms with van der Waals surface area (Å²) in [4.78, 5) is 7.99. The number of anilines is 1. The van der Waals surface area contributed by atoms with Crippen LogP contribution in [0.3, 0.4) is 0 Å². The van der Waals surface area contributed by atoms with E-state index in [0.717, 1.165) is 5.69 Å². The Morgan fingerprint density at radius 3 is 2.89 bits per heavy atom. The minimum absolute atomic E-state index is 0.457. The number of hydrogen-bond donors (Lipinski definition) is 1. The molecule has 0 radical (unpaired) electrons. The van der Waals surface area contributed by atoms with Crippen LogP contribution in [-0.2, 0) is 16.0 Å². The molecule has 18 heavy (non-hydrogen) atoms. The molecule has 1 heterocycles. The third-order valence-corrected chi connectivity index (χ3v) is 2.12. The summed E-state index contributed by atoms with van der Waals surface area (Å²) in [7, 11) is 3.29. The van der Waals surface area contributed by atoms with Gasteiger partial charge in [0, 0.05) is 20.4 Å². The van der Waals surface area contributed by atoms with Crippen molar-refractivity contribution < 1.29 is 9.47 Å². The van der Waals surface area contributed by atoms with Crippen molar-refractivity contribution in [1.82, 2.24) is 9.78 Å². The van der Waals surface area contributed by atoms with Gasteiger partial charge in [-0.15, -0.1) is 0 Å². The fraction of sp³-hybridized carbons (Fsp3) is 0.545. The predicted molar refractivity (Wildman–Crippen MR) is 71.5 cm³/mol. The summed E-state index contributed by atoms with van der Waals surface area (Å²) < 4.78 is 11.7. The van der Waals surface area contributed by atoms with E-state index in [1.54, 1.807) is 25.1 Å². The Labute approximate surface area is 107 Å². The van der Waals surface area contributed by atoms with Crippen molar-refractivity contribution in [3.05, 3.63) is 12.4 Å². The first-order valence-electron chi connectivity index (χ1n) is 5.58. The van der Waals surface area contributed by atoms with Gasteiger partial charge in [-0.05, 0) is 6.72 Å². The highest BCUT2D eigenvalue weighted by atomic mass is 16.5. The largest absolute Gasteiger partial charge is 0.383 e. The molecule has 1 aromatic heterocycles. The van der Waals surface area contributed by atoms with Gasteiger partial charge in [0.15, 0.2) is 0 Å². The van der Waals surface area contributed by atoms with Crippen LogP contribution in [-0.4, -0.2) is 56.4 Å². The average molecular weight is 253 g/mol. The number of nitrogens with one attached hydrogen (secondary N) is 1. The van der Waals surface area contributed by atoms with Crippen molar-refractivity contribution in [2.45, 2.75) is 6.54 Å². The van der Waals surface area contributed by atoms with E-state index in [-0.39, 0.29) is 0 Å². The Bertz CT molecular complexity index is 389. The summed E-state index contributed by atoms with van der Waals surface area (Å²) in [5.74, 6) is 0.457. The van der Waals surface area contributed by atoms with Crippen molar-refractivity contribution in [3.8, 4) is 0 Å². The third-order valence-electron chi connectivity index (χ3n) is 2.12. The van der Waals surface area contributed by atoms with E-state index in [9.17, 15) is 0 Å². The SMILES string of the molecule is C=N/C(=N\CCOC)Nc1cnn(CCOC)c1. The summed E-state index contributed by atoms with van der Waals surface area (Å²) >= 11 is 0. The standard InChI is InChI=1S/C11H19N5O2/c1-12-11(13-4-6-17-2)15-10-8-14-16(9-10)5-7-18-3/h8-9H,1,4-7H2,2-3H3,(H,13,15). The zero-order valence-electron chi connectivity index (χ0n) is 10.8. The lowest BCUT2D eigenvalue weighted by atomic mass is 10.5. The van der Waals surface area contributed by atoms with Crippen LogP contribution in [0.1, 0.15) is 0 Å². The van der Waals surface area contributed by atoms with Crippen molar-refractivity contribution in [3.63, 3.8) is 0 Å². The highest BCUT2D eigenvalue weighted by Gasteiger charge is 2.00. The molecule has 1 rings (SSSR count). The molecule has 7 heteroatoms. The molecule has 0 fully saturated rings. The fourth-order valence-electron chi connectivity index (χ4n) is 1.24. The van der Waals surface area contributed by atoms with E-state index in [1.165, 1.54) is 0 Å². The second-order valence-corrected chi connectivity index (χ2v) is 3.47. The molecule has 0 saturated heterocycles. The molecular weight excluding hydrogens is 234 g/mol. The summed E-state index contributed by atoms with van der Waals surface area (Å²) in [5.41, 5.74) is 0.815. The van der Waals surface area contributed by atoms with Crippen LogP contribution in [0.25, 0.3) is 0 Å². The van der Waals surface area contributed by atoms with Gasteiger partial charge in [0.2, 0.25) is 5.96 Å². The van der Waals surface area contributed by atoms with Crippen molar-refractivity contribution >= 4 is 18.4 Å². The number of hydrogen-bond acceptors (Lipinski definition) is 4. The van der Waals surface area contributed by atoms with Crippen LogP contribution in [0.2, 0.25) is 0 Å². The molecule has 1 aromatic rings. The van der Waals surface area contributed by atoms with Crippen LogP contribution in [0.15, 0.2) is 22.4 Å². The summed E-state index contributed by atoms with van der Waals surface area (Å²) in [6.07, 6.45) is 3.56. The normalized spacial score (nSPS) is 11.6. The molecule has 0 unspecified atom stereocenters. The molecule has 0 aliphatic heterocycles. The highest BCUT2D eigenvalue weighted by molar-refractivity contribution is 5.96. The predicted octanol–water partition coefficient (Wildman–Crippen LogP) is 0.644. The van der Waals surface area contributed by atoms with E-state index in [0.29, 0.717) is 32.3 Å². The number of rotatable bonds is 7. The van der Waals surface area contributed by atoms with Crippen LogP contribution in [0.5, 0.6) is 0 Å². The molecule has 0 saturated carbocycles. The second-order valence-electron chi connectivity index (χ2n) is 3.47. The Kier molecular flexibility index (Phi) is 6.67. The lowest BCUT2D eigenvalue weighted by Crippen LogP contribution is -2.10. The Balaban J connectivity index is 2.51. The lowest BCUT2D eigenvalue weighted by molar-refractivity contribution is 0.183. The van der Waals surface area contributed by atoms with Gasteiger partial charge in [-0.2, -0.15) is 5.10 Å². The number of aromatic nitrogens is 2. The minimum Gasteiger partial charge on any atom is -0.383 e. The monoisotopic (exact) mass is 253 g/mol. The molecule has 0 aliphatic carbocycles. The first-order valence-corrected chi connectivity index (χ1v) is 5.58.